The highest BCUT2D eigenvalue weighted by Crippen LogP contribution is 2.35. The minimum atomic E-state index is 0.535. The Morgan fingerprint density at radius 3 is 2.52 bits per heavy atom. The maximum Gasteiger partial charge on any atom is 0.153 e. The van der Waals surface area contributed by atoms with E-state index in [2.05, 4.69) is 12.1 Å². The Morgan fingerprint density at radius 2 is 1.81 bits per heavy atom. The first kappa shape index (κ1) is 14.5. The second kappa shape index (κ2) is 6.10. The van der Waals surface area contributed by atoms with Crippen molar-refractivity contribution in [1.29, 1.82) is 0 Å². The van der Waals surface area contributed by atoms with Crippen LogP contribution in [0.15, 0.2) is 46.9 Å². The van der Waals surface area contributed by atoms with Crippen LogP contribution < -0.4 is 5.73 Å². The van der Waals surface area contributed by atoms with Crippen LogP contribution >= 0.6 is 23.2 Å². The number of halogens is 2. The van der Waals surface area contributed by atoms with Crippen LogP contribution in [0.4, 0.5) is 0 Å². The third-order valence-corrected chi connectivity index (χ3v) is 3.99. The predicted octanol–water partition coefficient (Wildman–Crippen LogP) is 4.83. The molecule has 0 bridgehead atoms. The lowest BCUT2D eigenvalue weighted by atomic mass is 10.0. The molecule has 2 N–H and O–H groups in total. The molecule has 3 aromatic rings. The van der Waals surface area contributed by atoms with Gasteiger partial charge in [0.1, 0.15) is 5.76 Å². The first-order valence-electron chi connectivity index (χ1n) is 6.82. The van der Waals surface area contributed by atoms with Crippen LogP contribution in [-0.4, -0.2) is 6.54 Å². The zero-order valence-electron chi connectivity index (χ0n) is 11.4. The summed E-state index contributed by atoms with van der Waals surface area (Å²) in [5.74, 6) is 0.889. The average molecular weight is 320 g/mol. The minimum absolute atomic E-state index is 0.535. The highest BCUT2D eigenvalue weighted by atomic mass is 35.5. The number of hydrogen-bond acceptors (Lipinski definition) is 2. The summed E-state index contributed by atoms with van der Waals surface area (Å²) in [4.78, 5) is 0. The van der Waals surface area contributed by atoms with Gasteiger partial charge in [-0.15, -0.1) is 0 Å². The van der Waals surface area contributed by atoms with Gasteiger partial charge < -0.3 is 10.2 Å². The number of nitrogens with two attached hydrogens (primary N) is 1. The van der Waals surface area contributed by atoms with Crippen LogP contribution in [0, 0.1) is 0 Å². The Morgan fingerprint density at radius 1 is 1.05 bits per heavy atom. The second-order valence-electron chi connectivity index (χ2n) is 4.97. The Balaban J connectivity index is 2.16. The van der Waals surface area contributed by atoms with E-state index < -0.39 is 0 Å². The van der Waals surface area contributed by atoms with Crippen molar-refractivity contribution in [1.82, 2.24) is 0 Å². The van der Waals surface area contributed by atoms with Crippen molar-refractivity contribution in [2.45, 2.75) is 12.8 Å². The van der Waals surface area contributed by atoms with Gasteiger partial charge in [-0.1, -0.05) is 53.5 Å². The fourth-order valence-electron chi connectivity index (χ4n) is 2.55. The van der Waals surface area contributed by atoms with Crippen molar-refractivity contribution >= 4 is 34.2 Å². The van der Waals surface area contributed by atoms with Gasteiger partial charge in [0.2, 0.25) is 0 Å². The first-order valence-corrected chi connectivity index (χ1v) is 7.58. The van der Waals surface area contributed by atoms with Crippen LogP contribution in [0.1, 0.15) is 16.9 Å². The number of furan rings is 1. The topological polar surface area (TPSA) is 39.2 Å². The van der Waals surface area contributed by atoms with E-state index in [1.54, 1.807) is 6.07 Å². The standard InChI is InChI=1S/C17H15Cl2NO/c18-12-9-14-13(8-11-4-2-1-3-5-11)16(6-7-20)21-17(14)15(19)10-12/h1-5,9-10H,6-8,20H2. The molecular weight excluding hydrogens is 305 g/mol. The van der Waals surface area contributed by atoms with E-state index in [0.29, 0.717) is 28.6 Å². The lowest BCUT2D eigenvalue weighted by Crippen LogP contribution is -2.04. The number of benzene rings is 2. The molecule has 2 aromatic carbocycles. The quantitative estimate of drug-likeness (QED) is 0.748. The van der Waals surface area contributed by atoms with E-state index in [1.807, 2.05) is 24.3 Å². The van der Waals surface area contributed by atoms with Crippen LogP contribution in [0.3, 0.4) is 0 Å². The molecule has 0 aliphatic carbocycles. The van der Waals surface area contributed by atoms with Crippen LogP contribution in [0.25, 0.3) is 11.0 Å². The maximum atomic E-state index is 6.24. The fourth-order valence-corrected chi connectivity index (χ4v) is 3.08. The molecule has 0 atom stereocenters. The monoisotopic (exact) mass is 319 g/mol. The van der Waals surface area contributed by atoms with E-state index in [1.165, 1.54) is 5.56 Å². The van der Waals surface area contributed by atoms with Gasteiger partial charge in [0.25, 0.3) is 0 Å². The molecule has 0 fully saturated rings. The van der Waals surface area contributed by atoms with Crippen molar-refractivity contribution in [3.05, 3.63) is 69.4 Å². The predicted molar refractivity (Wildman–Crippen MR) is 88.2 cm³/mol. The molecule has 0 aliphatic rings. The Labute approximate surface area is 133 Å². The Bertz CT molecular complexity index is 765. The first-order chi connectivity index (χ1) is 10.2. The molecule has 0 saturated carbocycles. The molecule has 3 rings (SSSR count). The molecule has 0 saturated heterocycles. The van der Waals surface area contributed by atoms with Gasteiger partial charge in [-0.2, -0.15) is 0 Å². The zero-order valence-corrected chi connectivity index (χ0v) is 12.9. The number of fused-ring (bicyclic) bond motifs is 1. The van der Waals surface area contributed by atoms with E-state index in [-0.39, 0.29) is 0 Å². The number of hydrogen-bond donors (Lipinski definition) is 1. The molecule has 0 unspecified atom stereocenters. The lowest BCUT2D eigenvalue weighted by molar-refractivity contribution is 0.545. The molecule has 0 radical (unpaired) electrons. The molecule has 21 heavy (non-hydrogen) atoms. The third-order valence-electron chi connectivity index (χ3n) is 3.49. The summed E-state index contributed by atoms with van der Waals surface area (Å²) in [5.41, 5.74) is 8.72. The molecule has 1 heterocycles. The summed E-state index contributed by atoms with van der Waals surface area (Å²) < 4.78 is 5.93. The van der Waals surface area contributed by atoms with Crippen molar-refractivity contribution < 1.29 is 4.42 Å². The maximum absolute atomic E-state index is 6.24. The van der Waals surface area contributed by atoms with Crippen molar-refractivity contribution in [2.75, 3.05) is 6.54 Å². The van der Waals surface area contributed by atoms with E-state index in [4.69, 9.17) is 33.4 Å². The van der Waals surface area contributed by atoms with E-state index >= 15 is 0 Å². The van der Waals surface area contributed by atoms with Crippen molar-refractivity contribution in [2.24, 2.45) is 5.73 Å². The van der Waals surface area contributed by atoms with E-state index in [0.717, 1.165) is 23.1 Å². The summed E-state index contributed by atoms with van der Waals surface area (Å²) in [6, 6.07) is 13.9. The zero-order chi connectivity index (χ0) is 14.8. The molecule has 4 heteroatoms. The molecule has 0 aliphatic heterocycles. The third kappa shape index (κ3) is 2.93. The molecule has 0 amide bonds. The van der Waals surface area contributed by atoms with Gasteiger partial charge >= 0.3 is 0 Å². The summed E-state index contributed by atoms with van der Waals surface area (Å²) in [5, 5.41) is 2.12. The highest BCUT2D eigenvalue weighted by Gasteiger charge is 2.17. The summed E-state index contributed by atoms with van der Waals surface area (Å²) in [7, 11) is 0. The Kier molecular flexibility index (Phi) is 4.20. The molecule has 2 nitrogen and oxygen atoms in total. The summed E-state index contributed by atoms with van der Waals surface area (Å²) in [6.45, 7) is 0.535. The van der Waals surface area contributed by atoms with Gasteiger partial charge in [-0.05, 0) is 24.2 Å². The highest BCUT2D eigenvalue weighted by molar-refractivity contribution is 6.38. The van der Waals surface area contributed by atoms with Gasteiger partial charge in [0.05, 0.1) is 5.02 Å². The molecule has 1 aromatic heterocycles. The molecular formula is C17H15Cl2NO. The van der Waals surface area contributed by atoms with Crippen LogP contribution in [-0.2, 0) is 12.8 Å². The number of rotatable bonds is 4. The Hall–Kier alpha value is -1.48. The van der Waals surface area contributed by atoms with Gasteiger partial charge in [-0.25, -0.2) is 0 Å². The fraction of sp³-hybridized carbons (Fsp3) is 0.176. The normalized spacial score (nSPS) is 11.2. The van der Waals surface area contributed by atoms with Crippen LogP contribution in [0.2, 0.25) is 10.0 Å². The van der Waals surface area contributed by atoms with Crippen molar-refractivity contribution in [3.8, 4) is 0 Å². The summed E-state index contributed by atoms with van der Waals surface area (Å²) >= 11 is 12.4. The SMILES string of the molecule is NCCc1oc2c(Cl)cc(Cl)cc2c1Cc1ccccc1. The smallest absolute Gasteiger partial charge is 0.153 e. The largest absolute Gasteiger partial charge is 0.459 e. The van der Waals surface area contributed by atoms with E-state index in [9.17, 15) is 0 Å². The van der Waals surface area contributed by atoms with Gasteiger partial charge in [0.15, 0.2) is 5.58 Å². The van der Waals surface area contributed by atoms with Gasteiger partial charge in [0, 0.05) is 28.8 Å². The van der Waals surface area contributed by atoms with Crippen LogP contribution in [0.5, 0.6) is 0 Å². The molecule has 108 valence electrons. The lowest BCUT2D eigenvalue weighted by Gasteiger charge is -2.03. The summed E-state index contributed by atoms with van der Waals surface area (Å²) in [6.07, 6.45) is 1.46. The average Bonchev–Trinajstić information content (AvgIpc) is 2.79. The second-order valence-corrected chi connectivity index (χ2v) is 5.81. The van der Waals surface area contributed by atoms with Crippen molar-refractivity contribution in [3.63, 3.8) is 0 Å². The molecule has 0 spiro atoms. The minimum Gasteiger partial charge on any atom is -0.459 e. The van der Waals surface area contributed by atoms with Gasteiger partial charge in [-0.3, -0.25) is 0 Å².